The summed E-state index contributed by atoms with van der Waals surface area (Å²) in [5.74, 6) is 2.79. The number of benzene rings is 2. The first-order valence-electron chi connectivity index (χ1n) is 10.9. The molecule has 2 aromatic carbocycles. The zero-order valence-corrected chi connectivity index (χ0v) is 23.5. The van der Waals surface area contributed by atoms with Crippen LogP contribution in [0, 0.1) is 12.8 Å². The van der Waals surface area contributed by atoms with Crippen molar-refractivity contribution in [3.63, 3.8) is 0 Å². The Kier molecular flexibility index (Phi) is 8.15. The smallest absolute Gasteiger partial charge is 0.219 e. The third kappa shape index (κ3) is 5.97. The molecule has 4 aliphatic heterocycles. The van der Waals surface area contributed by atoms with E-state index in [-0.39, 0.29) is 0 Å². The predicted octanol–water partition coefficient (Wildman–Crippen LogP) is 10.0. The average Bonchev–Trinajstić information content (AvgIpc) is 3.60. The highest BCUT2D eigenvalue weighted by atomic mass is 33.1. The van der Waals surface area contributed by atoms with Crippen molar-refractivity contribution in [2.75, 3.05) is 0 Å². The van der Waals surface area contributed by atoms with Gasteiger partial charge in [-0.05, 0) is 22.3 Å². The lowest BCUT2D eigenvalue weighted by molar-refractivity contribution is 0.596. The van der Waals surface area contributed by atoms with Crippen molar-refractivity contribution in [3.8, 4) is 0 Å². The fraction of sp³-hybridized carbons (Fsp3) is 0.154. The molecule has 0 unspecified atom stereocenters. The van der Waals surface area contributed by atoms with Crippen LogP contribution in [0.25, 0.3) is 0 Å². The van der Waals surface area contributed by atoms with Gasteiger partial charge in [-0.15, -0.1) is 0 Å². The van der Waals surface area contributed by atoms with Gasteiger partial charge in [0, 0.05) is 46.5 Å². The summed E-state index contributed by atoms with van der Waals surface area (Å²) in [6.07, 6.45) is 15.8. The van der Waals surface area contributed by atoms with E-state index in [9.17, 15) is 9.13 Å². The van der Waals surface area contributed by atoms with Crippen LogP contribution in [0.3, 0.4) is 0 Å². The second kappa shape index (κ2) is 11.1. The summed E-state index contributed by atoms with van der Waals surface area (Å²) in [7, 11) is 0. The number of hydrogen-bond donors (Lipinski definition) is 0. The highest BCUT2D eigenvalue weighted by molar-refractivity contribution is 8.91. The van der Waals surface area contributed by atoms with Gasteiger partial charge in [0.2, 0.25) is 11.1 Å². The van der Waals surface area contributed by atoms with Crippen molar-refractivity contribution in [1.29, 1.82) is 0 Å². The Labute approximate surface area is 218 Å². The van der Waals surface area contributed by atoms with E-state index in [2.05, 4.69) is 48.5 Å². The van der Waals surface area contributed by atoms with Crippen LogP contribution < -0.4 is 0 Å². The first kappa shape index (κ1) is 24.9. The molecule has 0 aromatic heterocycles. The molecule has 2 nitrogen and oxygen atoms in total. The minimum Gasteiger partial charge on any atom is -0.295 e. The SMILES string of the molecule is O=P1(C2=C[CH]C=C2)SCc2ccc(cc2)CSP(=O)(C2=C[CH]C=C2)SCc2ccc(cc2)CS1. The van der Waals surface area contributed by atoms with Crippen LogP contribution in [0.15, 0.2) is 95.6 Å². The van der Waals surface area contributed by atoms with Crippen molar-refractivity contribution in [2.45, 2.75) is 23.0 Å². The van der Waals surface area contributed by atoms with Gasteiger partial charge in [-0.1, -0.05) is 131 Å². The number of allylic oxidation sites excluding steroid dienone is 8. The molecular weight excluding hydrogens is 535 g/mol. The number of rotatable bonds is 2. The van der Waals surface area contributed by atoms with E-state index in [1.165, 1.54) is 0 Å². The molecule has 0 fully saturated rings. The molecule has 8 heteroatoms. The summed E-state index contributed by atoms with van der Waals surface area (Å²) in [5, 5.41) is 1.86. The summed E-state index contributed by atoms with van der Waals surface area (Å²) in [5.41, 5.74) is -0.658. The Morgan fingerprint density at radius 2 is 0.794 bits per heavy atom. The molecule has 34 heavy (non-hydrogen) atoms. The maximum absolute atomic E-state index is 14.0. The minimum atomic E-state index is -2.64. The average molecular weight is 559 g/mol. The van der Waals surface area contributed by atoms with Crippen LogP contribution in [-0.2, 0) is 32.1 Å². The van der Waals surface area contributed by atoms with Crippen LogP contribution in [0.4, 0.5) is 0 Å². The molecule has 8 rings (SSSR count). The summed E-state index contributed by atoms with van der Waals surface area (Å²) in [6.45, 7) is 0. The van der Waals surface area contributed by atoms with Gasteiger partial charge in [0.1, 0.15) is 0 Å². The van der Waals surface area contributed by atoms with Gasteiger partial charge in [-0.2, -0.15) is 0 Å². The third-order valence-corrected chi connectivity index (χ3v) is 22.6. The highest BCUT2D eigenvalue weighted by Gasteiger charge is 2.30. The van der Waals surface area contributed by atoms with Crippen molar-refractivity contribution in [3.05, 3.63) is 131 Å². The van der Waals surface area contributed by atoms with Crippen LogP contribution in [0.2, 0.25) is 0 Å². The van der Waals surface area contributed by atoms with E-state index in [1.807, 2.05) is 49.3 Å². The minimum absolute atomic E-state index is 0.698. The topological polar surface area (TPSA) is 34.1 Å². The maximum Gasteiger partial charge on any atom is 0.219 e. The van der Waals surface area contributed by atoms with Gasteiger partial charge in [0.15, 0.2) is 0 Å². The third-order valence-electron chi connectivity index (χ3n) is 5.57. The van der Waals surface area contributed by atoms with Crippen molar-refractivity contribution in [2.24, 2.45) is 0 Å². The lowest BCUT2D eigenvalue weighted by atomic mass is 10.2. The van der Waals surface area contributed by atoms with Crippen molar-refractivity contribution in [1.82, 2.24) is 0 Å². The molecular formula is C26H24O2P2S4. The summed E-state index contributed by atoms with van der Waals surface area (Å²) in [6, 6.07) is 16.9. The van der Waals surface area contributed by atoms with Gasteiger partial charge in [0.05, 0.1) is 0 Å². The Morgan fingerprint density at radius 3 is 1.03 bits per heavy atom. The van der Waals surface area contributed by atoms with Crippen LogP contribution in [0.5, 0.6) is 0 Å². The molecule has 0 saturated heterocycles. The molecule has 0 spiro atoms. The molecule has 2 aromatic rings. The second-order valence-corrected chi connectivity index (χ2v) is 23.9. The molecule has 4 bridgehead atoms. The first-order valence-corrected chi connectivity index (χ1v) is 20.7. The van der Waals surface area contributed by atoms with E-state index in [4.69, 9.17) is 0 Å². The zero-order chi connectivity index (χ0) is 23.4. The van der Waals surface area contributed by atoms with Gasteiger partial charge >= 0.3 is 0 Å². The molecule has 0 amide bonds. The van der Waals surface area contributed by atoms with E-state index in [0.717, 1.165) is 32.9 Å². The lowest BCUT2D eigenvalue weighted by Crippen LogP contribution is -1.88. The molecule has 0 N–H and O–H groups in total. The van der Waals surface area contributed by atoms with Gasteiger partial charge in [-0.3, -0.25) is 9.13 Å². The van der Waals surface area contributed by atoms with Crippen molar-refractivity contribution < 1.29 is 9.13 Å². The van der Waals surface area contributed by atoms with Gasteiger partial charge in [-0.25, -0.2) is 0 Å². The largest absolute Gasteiger partial charge is 0.295 e. The lowest BCUT2D eigenvalue weighted by Gasteiger charge is -2.19. The normalized spacial score (nSPS) is 27.4. The summed E-state index contributed by atoms with van der Waals surface area (Å²) < 4.78 is 28.0. The fourth-order valence-corrected chi connectivity index (χ4v) is 18.2. The first-order chi connectivity index (χ1) is 16.5. The molecule has 2 radical (unpaired) electrons. The van der Waals surface area contributed by atoms with Crippen LogP contribution in [0.1, 0.15) is 22.3 Å². The standard InChI is InChI=1S/C26H24O2P2S4/c27-29(25-5-1-2-6-25)31-17-21-9-13-23(14-10-21)19-33-30(28,26-7-3-4-8-26)34-20-24-15-11-22(12-16-24)18-32-29/h1-16H,17-20H2. The molecule has 2 aliphatic carbocycles. The summed E-state index contributed by atoms with van der Waals surface area (Å²) in [4.78, 5) is 0. The highest BCUT2D eigenvalue weighted by Crippen LogP contribution is 2.77. The molecule has 4 heterocycles. The van der Waals surface area contributed by atoms with Crippen molar-refractivity contribution >= 4 is 56.6 Å². The quantitative estimate of drug-likeness (QED) is 0.341. The summed E-state index contributed by atoms with van der Waals surface area (Å²) >= 11 is 6.22. The molecule has 174 valence electrons. The Bertz CT molecular complexity index is 1100. The fourth-order valence-electron chi connectivity index (χ4n) is 3.57. The Balaban J connectivity index is 1.43. The van der Waals surface area contributed by atoms with E-state index in [0.29, 0.717) is 23.0 Å². The molecule has 6 aliphatic rings. The van der Waals surface area contributed by atoms with Crippen LogP contribution >= 0.6 is 56.6 Å². The molecule has 0 saturated carbocycles. The second-order valence-electron chi connectivity index (χ2n) is 8.01. The van der Waals surface area contributed by atoms with Crippen LogP contribution in [-0.4, -0.2) is 0 Å². The zero-order valence-electron chi connectivity index (χ0n) is 18.4. The molecule has 0 atom stereocenters. The van der Waals surface area contributed by atoms with E-state index < -0.39 is 11.1 Å². The Morgan fingerprint density at radius 1 is 0.500 bits per heavy atom. The van der Waals surface area contributed by atoms with E-state index in [1.54, 1.807) is 45.5 Å². The van der Waals surface area contributed by atoms with E-state index >= 15 is 0 Å². The maximum atomic E-state index is 14.0. The van der Waals surface area contributed by atoms with Gasteiger partial charge < -0.3 is 0 Å². The van der Waals surface area contributed by atoms with Gasteiger partial charge in [0.25, 0.3) is 0 Å². The number of hydrogen-bond acceptors (Lipinski definition) is 6. The monoisotopic (exact) mass is 558 g/mol. The predicted molar refractivity (Wildman–Crippen MR) is 156 cm³/mol. The Hall–Kier alpha value is -0.740.